The van der Waals surface area contributed by atoms with Gasteiger partial charge in [-0.3, -0.25) is 4.79 Å². The van der Waals surface area contributed by atoms with Gasteiger partial charge in [-0.15, -0.1) is 0 Å². The summed E-state index contributed by atoms with van der Waals surface area (Å²) in [7, 11) is 0. The van der Waals surface area contributed by atoms with Crippen molar-refractivity contribution >= 4 is 5.91 Å². The van der Waals surface area contributed by atoms with Gasteiger partial charge in [0, 0.05) is 18.5 Å². The zero-order valence-corrected chi connectivity index (χ0v) is 12.4. The molecule has 5 heteroatoms. The molecular formula is C14H24N2O3. The van der Waals surface area contributed by atoms with Crippen LogP contribution in [0.1, 0.15) is 44.2 Å². The largest absolute Gasteiger partial charge is 0.391 e. The highest BCUT2D eigenvalue weighted by molar-refractivity contribution is 5.76. The summed E-state index contributed by atoms with van der Waals surface area (Å²) in [6.45, 7) is 9.81. The maximum absolute atomic E-state index is 11.7. The Morgan fingerprint density at radius 1 is 1.42 bits per heavy atom. The number of hydrogen-bond acceptors (Lipinski definition) is 4. The summed E-state index contributed by atoms with van der Waals surface area (Å²) < 4.78 is 5.05. The third-order valence-corrected chi connectivity index (χ3v) is 3.28. The first-order valence-electron chi connectivity index (χ1n) is 6.58. The highest BCUT2D eigenvalue weighted by atomic mass is 16.5. The SMILES string of the molecule is Cc1noc(C)c1CCC(=O)NCC(O)C(C)(C)C. The monoisotopic (exact) mass is 268 g/mol. The number of hydrogen-bond donors (Lipinski definition) is 2. The molecule has 1 heterocycles. The molecule has 0 fully saturated rings. The molecule has 0 saturated carbocycles. The minimum atomic E-state index is -0.546. The lowest BCUT2D eigenvalue weighted by molar-refractivity contribution is -0.121. The van der Waals surface area contributed by atoms with E-state index in [0.29, 0.717) is 12.8 Å². The number of carbonyl (C=O) groups is 1. The second-order valence-electron chi connectivity index (χ2n) is 5.99. The summed E-state index contributed by atoms with van der Waals surface area (Å²) in [5.74, 6) is 0.698. The number of nitrogens with one attached hydrogen (secondary N) is 1. The second-order valence-corrected chi connectivity index (χ2v) is 5.99. The average molecular weight is 268 g/mol. The van der Waals surface area contributed by atoms with Gasteiger partial charge in [0.1, 0.15) is 5.76 Å². The van der Waals surface area contributed by atoms with Crippen molar-refractivity contribution in [2.75, 3.05) is 6.54 Å². The van der Waals surface area contributed by atoms with E-state index in [2.05, 4.69) is 10.5 Å². The van der Waals surface area contributed by atoms with Crippen LogP contribution in [-0.2, 0) is 11.2 Å². The van der Waals surface area contributed by atoms with Gasteiger partial charge in [0.15, 0.2) is 0 Å². The molecule has 0 bridgehead atoms. The number of aliphatic hydroxyl groups excluding tert-OH is 1. The molecule has 0 aromatic carbocycles. The molecule has 19 heavy (non-hydrogen) atoms. The first kappa shape index (κ1) is 15.7. The van der Waals surface area contributed by atoms with Crippen molar-refractivity contribution in [1.29, 1.82) is 0 Å². The number of nitrogens with zero attached hydrogens (tertiary/aromatic N) is 1. The maximum Gasteiger partial charge on any atom is 0.220 e. The number of amides is 1. The lowest BCUT2D eigenvalue weighted by Gasteiger charge is -2.25. The van der Waals surface area contributed by atoms with Crippen LogP contribution in [0.15, 0.2) is 4.52 Å². The van der Waals surface area contributed by atoms with Crippen molar-refractivity contribution in [2.24, 2.45) is 5.41 Å². The van der Waals surface area contributed by atoms with E-state index in [9.17, 15) is 9.90 Å². The van der Waals surface area contributed by atoms with E-state index in [-0.39, 0.29) is 17.9 Å². The molecule has 1 atom stereocenters. The maximum atomic E-state index is 11.7. The summed E-state index contributed by atoms with van der Waals surface area (Å²) in [5.41, 5.74) is 1.60. The molecule has 2 N–H and O–H groups in total. The second kappa shape index (κ2) is 6.19. The molecule has 1 amide bonds. The van der Waals surface area contributed by atoms with E-state index < -0.39 is 6.10 Å². The molecule has 0 aliphatic carbocycles. The standard InChI is InChI=1S/C14H24N2O3/c1-9-11(10(2)19-16-9)6-7-13(18)15-8-12(17)14(3,4)5/h12,17H,6-8H2,1-5H3,(H,15,18). The molecule has 0 aliphatic heterocycles. The summed E-state index contributed by atoms with van der Waals surface area (Å²) >= 11 is 0. The Kier molecular flexibility index (Phi) is 5.11. The van der Waals surface area contributed by atoms with Crippen LogP contribution < -0.4 is 5.32 Å². The first-order valence-corrected chi connectivity index (χ1v) is 6.58. The van der Waals surface area contributed by atoms with Crippen LogP contribution in [0.2, 0.25) is 0 Å². The van der Waals surface area contributed by atoms with Gasteiger partial charge in [-0.2, -0.15) is 0 Å². The van der Waals surface area contributed by atoms with Gasteiger partial charge in [0.05, 0.1) is 11.8 Å². The topological polar surface area (TPSA) is 75.4 Å². The van der Waals surface area contributed by atoms with E-state index in [1.165, 1.54) is 0 Å². The molecule has 0 aliphatic rings. The van der Waals surface area contributed by atoms with Crippen LogP contribution >= 0.6 is 0 Å². The first-order chi connectivity index (χ1) is 8.71. The number of aryl methyl sites for hydroxylation is 2. The van der Waals surface area contributed by atoms with Crippen LogP contribution in [0.5, 0.6) is 0 Å². The molecule has 1 rings (SSSR count). The van der Waals surface area contributed by atoms with Crippen molar-refractivity contribution in [3.05, 3.63) is 17.0 Å². The highest BCUT2D eigenvalue weighted by Gasteiger charge is 2.22. The molecule has 0 radical (unpaired) electrons. The Morgan fingerprint density at radius 3 is 2.53 bits per heavy atom. The van der Waals surface area contributed by atoms with Crippen molar-refractivity contribution in [3.8, 4) is 0 Å². The van der Waals surface area contributed by atoms with Crippen LogP contribution in [0.3, 0.4) is 0 Å². The van der Waals surface area contributed by atoms with Gasteiger partial charge in [0.25, 0.3) is 0 Å². The highest BCUT2D eigenvalue weighted by Crippen LogP contribution is 2.18. The summed E-state index contributed by atoms with van der Waals surface area (Å²) in [6.07, 6.45) is 0.439. The average Bonchev–Trinajstić information content (AvgIpc) is 2.62. The number of carbonyl (C=O) groups excluding carboxylic acids is 1. The Balaban J connectivity index is 2.37. The zero-order chi connectivity index (χ0) is 14.6. The molecule has 0 spiro atoms. The van der Waals surface area contributed by atoms with E-state index in [0.717, 1.165) is 17.0 Å². The minimum absolute atomic E-state index is 0.0664. The number of aromatic nitrogens is 1. The predicted octanol–water partition coefficient (Wildman–Crippen LogP) is 1.75. The smallest absolute Gasteiger partial charge is 0.220 e. The molecule has 108 valence electrons. The van der Waals surface area contributed by atoms with E-state index in [1.54, 1.807) is 0 Å². The predicted molar refractivity (Wildman–Crippen MR) is 72.8 cm³/mol. The van der Waals surface area contributed by atoms with E-state index >= 15 is 0 Å². The third-order valence-electron chi connectivity index (χ3n) is 3.28. The fourth-order valence-electron chi connectivity index (χ4n) is 1.70. The Bertz CT molecular complexity index is 413. The fraction of sp³-hybridized carbons (Fsp3) is 0.714. The Hall–Kier alpha value is -1.36. The van der Waals surface area contributed by atoms with Crippen molar-refractivity contribution in [3.63, 3.8) is 0 Å². The van der Waals surface area contributed by atoms with Gasteiger partial charge in [-0.25, -0.2) is 0 Å². The zero-order valence-electron chi connectivity index (χ0n) is 12.4. The fourth-order valence-corrected chi connectivity index (χ4v) is 1.70. The van der Waals surface area contributed by atoms with Crippen molar-refractivity contribution in [2.45, 2.75) is 53.6 Å². The van der Waals surface area contributed by atoms with Gasteiger partial charge in [0.2, 0.25) is 5.91 Å². The normalized spacial score (nSPS) is 13.4. The Morgan fingerprint density at radius 2 is 2.05 bits per heavy atom. The van der Waals surface area contributed by atoms with Crippen LogP contribution in [0.4, 0.5) is 0 Å². The lowest BCUT2D eigenvalue weighted by atomic mass is 9.89. The molecule has 5 nitrogen and oxygen atoms in total. The third kappa shape index (κ3) is 4.67. The van der Waals surface area contributed by atoms with E-state index in [4.69, 9.17) is 4.52 Å². The molecule has 1 aromatic rings. The van der Waals surface area contributed by atoms with Crippen molar-refractivity contribution in [1.82, 2.24) is 10.5 Å². The Labute approximate surface area is 114 Å². The van der Waals surface area contributed by atoms with Gasteiger partial charge in [-0.05, 0) is 25.7 Å². The number of aliphatic hydroxyl groups is 1. The van der Waals surface area contributed by atoms with Crippen LogP contribution in [-0.4, -0.2) is 28.8 Å². The summed E-state index contributed by atoms with van der Waals surface area (Å²) in [6, 6.07) is 0. The molecule has 1 aromatic heterocycles. The van der Waals surface area contributed by atoms with Gasteiger partial charge < -0.3 is 14.9 Å². The minimum Gasteiger partial charge on any atom is -0.391 e. The van der Waals surface area contributed by atoms with Gasteiger partial charge in [-0.1, -0.05) is 25.9 Å². The van der Waals surface area contributed by atoms with Crippen LogP contribution in [0.25, 0.3) is 0 Å². The summed E-state index contributed by atoms with van der Waals surface area (Å²) in [4.78, 5) is 11.7. The number of rotatable bonds is 5. The molecular weight excluding hydrogens is 244 g/mol. The van der Waals surface area contributed by atoms with E-state index in [1.807, 2.05) is 34.6 Å². The van der Waals surface area contributed by atoms with Crippen LogP contribution in [0, 0.1) is 19.3 Å². The van der Waals surface area contributed by atoms with Gasteiger partial charge >= 0.3 is 0 Å². The van der Waals surface area contributed by atoms with Crippen molar-refractivity contribution < 1.29 is 14.4 Å². The summed E-state index contributed by atoms with van der Waals surface area (Å²) in [5, 5.41) is 16.4. The molecule has 1 unspecified atom stereocenters. The quantitative estimate of drug-likeness (QED) is 0.853. The molecule has 0 saturated heterocycles. The lowest BCUT2D eigenvalue weighted by Crippen LogP contribution is -2.39.